The molecule has 2 fully saturated rings. The van der Waals surface area contributed by atoms with Crippen LogP contribution >= 0.6 is 0 Å². The first kappa shape index (κ1) is 14.5. The minimum absolute atomic E-state index is 0.340. The van der Waals surface area contributed by atoms with E-state index in [1.165, 1.54) is 25.7 Å². The minimum atomic E-state index is 0.340. The topological polar surface area (TPSA) is 32.3 Å². The standard InChI is InChI=1S/C12H22N2O.C2H6/c1-2-11(15)14-9-3-4-12(10-14)5-7-13-8-6-12;1-2/h13H,2-10H2,1H3;1-2H3. The van der Waals surface area contributed by atoms with Gasteiger partial charge in [-0.3, -0.25) is 4.79 Å². The summed E-state index contributed by atoms with van der Waals surface area (Å²) in [4.78, 5) is 13.8. The lowest BCUT2D eigenvalue weighted by Crippen LogP contribution is -2.50. The van der Waals surface area contributed by atoms with E-state index in [0.717, 1.165) is 26.2 Å². The maximum atomic E-state index is 11.7. The predicted octanol–water partition coefficient (Wildman–Crippen LogP) is 2.41. The molecule has 0 aliphatic carbocycles. The summed E-state index contributed by atoms with van der Waals surface area (Å²) in [6.45, 7) is 10.2. The van der Waals surface area contributed by atoms with Crippen molar-refractivity contribution < 1.29 is 4.79 Å². The number of nitrogens with one attached hydrogen (secondary N) is 1. The van der Waals surface area contributed by atoms with Crippen molar-refractivity contribution in [3.05, 3.63) is 0 Å². The summed E-state index contributed by atoms with van der Waals surface area (Å²) in [7, 11) is 0. The first-order valence-electron chi connectivity index (χ1n) is 7.24. The summed E-state index contributed by atoms with van der Waals surface area (Å²) >= 11 is 0. The van der Waals surface area contributed by atoms with Crippen molar-refractivity contribution in [1.82, 2.24) is 10.2 Å². The van der Waals surface area contributed by atoms with Crippen molar-refractivity contribution in [1.29, 1.82) is 0 Å². The number of rotatable bonds is 1. The second-order valence-electron chi connectivity index (χ2n) is 5.02. The maximum absolute atomic E-state index is 11.7. The van der Waals surface area contributed by atoms with Crippen LogP contribution in [0.2, 0.25) is 0 Å². The quantitative estimate of drug-likeness (QED) is 0.763. The van der Waals surface area contributed by atoms with Gasteiger partial charge in [-0.1, -0.05) is 20.8 Å². The van der Waals surface area contributed by atoms with Gasteiger partial charge in [0.1, 0.15) is 0 Å². The Bertz CT molecular complexity index is 229. The van der Waals surface area contributed by atoms with Gasteiger partial charge in [0.25, 0.3) is 0 Å². The first-order valence-corrected chi connectivity index (χ1v) is 7.24. The fourth-order valence-corrected chi connectivity index (χ4v) is 3.01. The number of hydrogen-bond acceptors (Lipinski definition) is 2. The third kappa shape index (κ3) is 3.70. The summed E-state index contributed by atoms with van der Waals surface area (Å²) in [5, 5.41) is 3.41. The third-order valence-electron chi connectivity index (χ3n) is 3.98. The Balaban J connectivity index is 0.000000686. The average Bonchev–Trinajstić information content (AvgIpc) is 2.41. The molecule has 0 unspecified atom stereocenters. The van der Waals surface area contributed by atoms with Crippen LogP contribution in [0.15, 0.2) is 0 Å². The SMILES string of the molecule is CC.CCC(=O)N1CCCC2(CCNCC2)C1. The molecular formula is C14H28N2O. The van der Waals surface area contributed by atoms with E-state index >= 15 is 0 Å². The molecule has 0 radical (unpaired) electrons. The van der Waals surface area contributed by atoms with E-state index in [1.54, 1.807) is 0 Å². The maximum Gasteiger partial charge on any atom is 0.222 e. The van der Waals surface area contributed by atoms with E-state index in [9.17, 15) is 4.79 Å². The van der Waals surface area contributed by atoms with Crippen LogP contribution in [0.25, 0.3) is 0 Å². The van der Waals surface area contributed by atoms with Gasteiger partial charge in [0.05, 0.1) is 0 Å². The van der Waals surface area contributed by atoms with Crippen LogP contribution < -0.4 is 5.32 Å². The van der Waals surface area contributed by atoms with Crippen molar-refractivity contribution in [3.8, 4) is 0 Å². The molecular weight excluding hydrogens is 212 g/mol. The highest BCUT2D eigenvalue weighted by molar-refractivity contribution is 5.75. The van der Waals surface area contributed by atoms with Crippen molar-refractivity contribution in [2.45, 2.75) is 52.9 Å². The molecule has 1 N–H and O–H groups in total. The van der Waals surface area contributed by atoms with Crippen LogP contribution in [0.5, 0.6) is 0 Å². The van der Waals surface area contributed by atoms with Crippen LogP contribution in [0.4, 0.5) is 0 Å². The van der Waals surface area contributed by atoms with Crippen LogP contribution in [-0.2, 0) is 4.79 Å². The molecule has 3 nitrogen and oxygen atoms in total. The van der Waals surface area contributed by atoms with E-state index in [-0.39, 0.29) is 0 Å². The van der Waals surface area contributed by atoms with Crippen molar-refractivity contribution >= 4 is 5.91 Å². The van der Waals surface area contributed by atoms with Gasteiger partial charge in [0.15, 0.2) is 0 Å². The molecule has 3 heteroatoms. The number of nitrogens with zero attached hydrogens (tertiary/aromatic N) is 1. The van der Waals surface area contributed by atoms with Gasteiger partial charge < -0.3 is 10.2 Å². The van der Waals surface area contributed by atoms with E-state index < -0.39 is 0 Å². The Kier molecular flexibility index (Phi) is 5.96. The molecule has 2 heterocycles. The molecule has 17 heavy (non-hydrogen) atoms. The lowest BCUT2D eigenvalue weighted by atomic mass is 9.73. The molecule has 2 saturated heterocycles. The zero-order chi connectivity index (χ0) is 12.7. The van der Waals surface area contributed by atoms with Crippen molar-refractivity contribution in [3.63, 3.8) is 0 Å². The second-order valence-corrected chi connectivity index (χ2v) is 5.02. The highest BCUT2D eigenvalue weighted by Crippen LogP contribution is 2.38. The number of amides is 1. The fraction of sp³-hybridized carbons (Fsp3) is 0.929. The van der Waals surface area contributed by atoms with E-state index in [4.69, 9.17) is 0 Å². The van der Waals surface area contributed by atoms with Crippen LogP contribution in [0.3, 0.4) is 0 Å². The van der Waals surface area contributed by atoms with Gasteiger partial charge in [-0.15, -0.1) is 0 Å². The van der Waals surface area contributed by atoms with E-state index in [1.807, 2.05) is 20.8 Å². The largest absolute Gasteiger partial charge is 0.342 e. The summed E-state index contributed by atoms with van der Waals surface area (Å²) in [6, 6.07) is 0. The summed E-state index contributed by atoms with van der Waals surface area (Å²) in [5.74, 6) is 0.340. The third-order valence-corrected chi connectivity index (χ3v) is 3.98. The molecule has 0 aromatic rings. The van der Waals surface area contributed by atoms with Gasteiger partial charge in [-0.25, -0.2) is 0 Å². The summed E-state index contributed by atoms with van der Waals surface area (Å²) in [6.07, 6.45) is 5.68. The van der Waals surface area contributed by atoms with Crippen molar-refractivity contribution in [2.75, 3.05) is 26.2 Å². The molecule has 1 amide bonds. The van der Waals surface area contributed by atoms with Gasteiger partial charge in [0, 0.05) is 19.5 Å². The van der Waals surface area contributed by atoms with Gasteiger partial charge >= 0.3 is 0 Å². The van der Waals surface area contributed by atoms with Gasteiger partial charge in [-0.05, 0) is 44.2 Å². The van der Waals surface area contributed by atoms with Gasteiger partial charge in [-0.2, -0.15) is 0 Å². The zero-order valence-corrected chi connectivity index (χ0v) is 11.7. The number of likely N-dealkylation sites (tertiary alicyclic amines) is 1. The van der Waals surface area contributed by atoms with Gasteiger partial charge in [0.2, 0.25) is 5.91 Å². The Labute approximate surface area is 106 Å². The molecule has 0 bridgehead atoms. The summed E-state index contributed by atoms with van der Waals surface area (Å²) in [5.41, 5.74) is 0.453. The second kappa shape index (κ2) is 7.00. The number of carbonyl (C=O) groups excluding carboxylic acids is 1. The zero-order valence-electron chi connectivity index (χ0n) is 11.7. The molecule has 0 atom stereocenters. The molecule has 2 aliphatic heterocycles. The van der Waals surface area contributed by atoms with E-state index in [0.29, 0.717) is 17.7 Å². The van der Waals surface area contributed by atoms with Crippen LogP contribution in [0.1, 0.15) is 52.9 Å². The lowest BCUT2D eigenvalue weighted by Gasteiger charge is -2.45. The fourth-order valence-electron chi connectivity index (χ4n) is 3.01. The number of carbonyl (C=O) groups is 1. The van der Waals surface area contributed by atoms with Crippen LogP contribution in [-0.4, -0.2) is 37.0 Å². The normalized spacial score (nSPS) is 22.9. The van der Waals surface area contributed by atoms with Crippen LogP contribution in [0, 0.1) is 5.41 Å². The molecule has 2 aliphatic rings. The Hall–Kier alpha value is -0.570. The minimum Gasteiger partial charge on any atom is -0.342 e. The average molecular weight is 240 g/mol. The molecule has 2 rings (SSSR count). The lowest BCUT2D eigenvalue weighted by molar-refractivity contribution is -0.134. The highest BCUT2D eigenvalue weighted by atomic mass is 16.2. The van der Waals surface area contributed by atoms with Crippen molar-refractivity contribution in [2.24, 2.45) is 5.41 Å². The predicted molar refractivity (Wildman–Crippen MR) is 72.0 cm³/mol. The molecule has 0 aromatic carbocycles. The molecule has 1 spiro atoms. The smallest absolute Gasteiger partial charge is 0.222 e. The molecule has 100 valence electrons. The first-order chi connectivity index (χ1) is 8.26. The van der Waals surface area contributed by atoms with E-state index in [2.05, 4.69) is 10.2 Å². The Morgan fingerprint density at radius 2 is 1.88 bits per heavy atom. The number of piperidine rings is 2. The highest BCUT2D eigenvalue weighted by Gasteiger charge is 2.37. The molecule has 0 aromatic heterocycles. The Morgan fingerprint density at radius 1 is 1.24 bits per heavy atom. The monoisotopic (exact) mass is 240 g/mol. The number of hydrogen-bond donors (Lipinski definition) is 1. The summed E-state index contributed by atoms with van der Waals surface area (Å²) < 4.78 is 0. The molecule has 0 saturated carbocycles. The Morgan fingerprint density at radius 3 is 2.47 bits per heavy atom.